The molecule has 820 valence electrons. The third-order valence-corrected chi connectivity index (χ3v) is 22.2. The number of phenolic OH excluding ortho intramolecular Hbond substituents is 4. The highest BCUT2D eigenvalue weighted by Gasteiger charge is 2.64. The van der Waals surface area contributed by atoms with Gasteiger partial charge >= 0.3 is 61.8 Å². The van der Waals surface area contributed by atoms with Gasteiger partial charge in [0.05, 0.1) is 79.2 Å². The molecule has 141 heavy (non-hydrogen) atoms. The first-order chi connectivity index (χ1) is 58.1. The van der Waals surface area contributed by atoms with Crippen molar-refractivity contribution < 1.29 is 136 Å². The molecule has 0 saturated carbocycles. The molecule has 5 aromatic rings. The standard InChI is InChI=1S/C19H26INO6.C14H19IN2O3.C12H24B2O4.C10H12INO3.C9H10INO3.C9H11NO3.C9H16O4.C5H10O2.6CH4.8H2S/c1-11(8-16(23)27-19(2,3)4)17(24)21-14(18(25)26-5)10-12-6-7-15(22)13(20)9-12;1-8-4-5-10(6-11(8)15)7-12(14(19)20-3)17-13(18)9(2)16;1-9(2)10(3,4)16-13(15-9)14-17-11(5,6)12(7,8)18-14;1-15-10(14)8(12)5-6-2-3-9(13)7(11)4-6;10-6-3-5(1-2-8(6)12)4-7(11)9(13)14;10-8(9(12)13)5-6-1-3-7(11)4-2-6;1-6(8(11)12)5-7(10)13-9(2,3)4;1-5(2,3)7-4-6;;;;;;;;;;;;;;/h6-7,9,11,14,22H,8,10H2,1-5H3,(H,21,24);4-6,9,12H,7,16H2,1-3H3,(H,17,18);1-8H3;2-4,8,13H,5,12H2,1H3;1-3,7,12H,4,11H2,(H,13,14);1-4,8,11H,5,10H2,(H,12,13);6H,5H2,1-4H3,(H,11,12);4H,1-3H3;6*1H4;8*1H2/t11-,14+;9-,12-;;8-;7-;8-;6-;;;;;;;;;;;;;;;/m10.0001.............../s1. The van der Waals surface area contributed by atoms with E-state index < -0.39 is 127 Å². The molecule has 2 heterocycles. The lowest BCUT2D eigenvalue weighted by molar-refractivity contribution is -0.159. The van der Waals surface area contributed by atoms with E-state index in [2.05, 4.69) is 42.7 Å². The number of hydrogen-bond acceptors (Lipinski definition) is 29. The fourth-order valence-corrected chi connectivity index (χ4v) is 12.3. The number of hydrogen-bond donors (Lipinski definition) is 13. The Labute approximate surface area is 949 Å². The lowest BCUT2D eigenvalue weighted by atomic mass is 9.49. The summed E-state index contributed by atoms with van der Waals surface area (Å²) in [5, 5.41) is 68.0. The molecule has 5 aromatic carbocycles. The molecule has 17 N–H and O–H groups in total. The number of amides is 2. The van der Waals surface area contributed by atoms with Crippen LogP contribution in [-0.2, 0) is 132 Å². The molecular weight excluding hydrogens is 2430 g/mol. The molecule has 0 spiro atoms. The molecule has 0 radical (unpaired) electrons. The summed E-state index contributed by atoms with van der Waals surface area (Å²) < 4.78 is 55.8. The molecule has 2 aliphatic rings. The Balaban J connectivity index is -0.0000000994. The first-order valence-corrected chi connectivity index (χ1v) is 44.2. The van der Waals surface area contributed by atoms with Crippen LogP contribution in [0.15, 0.2) is 97.1 Å². The van der Waals surface area contributed by atoms with Crippen LogP contribution in [0.4, 0.5) is 0 Å². The Morgan fingerprint density at radius 3 is 0.922 bits per heavy atom. The number of esters is 5. The number of carboxylic acids is 3. The number of rotatable bonds is 26. The molecule has 0 unspecified atom stereocenters. The smallest absolute Gasteiger partial charge is 0.488 e. The van der Waals surface area contributed by atoms with E-state index in [0.717, 1.165) is 35.0 Å². The fourth-order valence-electron chi connectivity index (χ4n) is 9.95. The van der Waals surface area contributed by atoms with Gasteiger partial charge in [-0.3, -0.25) is 43.2 Å². The SMILES string of the molecule is C.C.C.C.C.C.CC(C)(C)OC=O.CC1(C)OB(B2OC(C)(C)C(C)(C)O2)OC1(C)C.COC(=O)[C@@H](N)Cc1ccc(O)c(I)c1.COC(=O)[C@H](Cc1ccc(C)c(I)c1)NC(=O)[C@H](C)N.COC(=O)[C@H](Cc1ccc(O)c(I)c1)NC(=O)[C@H](C)CC(=O)OC(C)(C)C.C[C@H](CC(=O)OC(C)(C)C)C(=O)O.N[C@@H](Cc1ccc(O)c(I)c1)C(=O)O.N[C@@H](Cc1ccc(O)cc1)C(=O)O.S.S.S.S.S.S.S.S. The van der Waals surface area contributed by atoms with Crippen molar-refractivity contribution in [1.82, 2.24) is 10.6 Å². The van der Waals surface area contributed by atoms with Crippen LogP contribution in [0.1, 0.15) is 229 Å². The zero-order valence-corrected chi connectivity index (χ0v) is 97.2. The monoisotopic (exact) mass is 2600 g/mol. The maximum Gasteiger partial charge on any atom is 0.488 e. The minimum Gasteiger partial charge on any atom is -0.508 e. The topological polar surface area (TPSA) is 550 Å². The van der Waals surface area contributed by atoms with Crippen molar-refractivity contribution >= 4 is 278 Å². The maximum atomic E-state index is 12.4. The van der Waals surface area contributed by atoms with Crippen LogP contribution in [0.25, 0.3) is 0 Å². The highest BCUT2D eigenvalue weighted by atomic mass is 127. The quantitative estimate of drug-likeness (QED) is 0.00804. The fraction of sp³-hybridized carbons (Fsp3) is 0.559. The second-order valence-corrected chi connectivity index (χ2v) is 39.1. The Kier molecular flexibility index (Phi) is 95.0. The number of methoxy groups -OCH3 is 3. The van der Waals surface area contributed by atoms with Crippen molar-refractivity contribution in [2.45, 2.75) is 310 Å². The van der Waals surface area contributed by atoms with Gasteiger partial charge in [-0.05, 0) is 329 Å². The third kappa shape index (κ3) is 68.3. The number of benzene rings is 5. The Morgan fingerprint density at radius 2 is 0.667 bits per heavy atom. The average Bonchev–Trinajstić information content (AvgIpc) is 1.59. The Hall–Kier alpha value is -5.00. The number of phenols is 4. The predicted molar refractivity (Wildman–Crippen MR) is 635 cm³/mol. The van der Waals surface area contributed by atoms with E-state index in [1.807, 2.05) is 169 Å². The van der Waals surface area contributed by atoms with Gasteiger partial charge in [-0.1, -0.05) is 101 Å². The Morgan fingerprint density at radius 1 is 0.397 bits per heavy atom. The van der Waals surface area contributed by atoms with Gasteiger partial charge in [0, 0.05) is 22.3 Å². The number of carbonyl (C=O) groups is 11. The summed E-state index contributed by atoms with van der Waals surface area (Å²) in [4.78, 5) is 123. The number of aromatic hydroxyl groups is 4. The van der Waals surface area contributed by atoms with E-state index >= 15 is 0 Å². The van der Waals surface area contributed by atoms with E-state index in [4.69, 9.17) is 80.9 Å². The van der Waals surface area contributed by atoms with E-state index in [1.54, 1.807) is 110 Å². The van der Waals surface area contributed by atoms with Gasteiger partial charge in [-0.15, -0.1) is 0 Å². The first-order valence-electron chi connectivity index (χ1n) is 39.8. The molecule has 2 fully saturated rings. The van der Waals surface area contributed by atoms with Crippen LogP contribution in [0.2, 0.25) is 0 Å². The van der Waals surface area contributed by atoms with Crippen LogP contribution in [0.3, 0.4) is 0 Å². The van der Waals surface area contributed by atoms with Crippen molar-refractivity contribution in [2.75, 3.05) is 21.3 Å². The number of carbonyl (C=O) groups excluding carboxylic acids is 8. The molecule has 0 bridgehead atoms. The second-order valence-electron chi connectivity index (χ2n) is 34.4. The molecular formula is C93H168B2I4N6O28S8. The molecule has 8 atom stereocenters. The van der Waals surface area contributed by atoms with Gasteiger partial charge in [-0.2, -0.15) is 108 Å². The van der Waals surface area contributed by atoms with Gasteiger partial charge in [0.2, 0.25) is 11.8 Å². The predicted octanol–water partition coefficient (Wildman–Crippen LogP) is 15.4. The molecule has 2 amide bonds. The minimum atomic E-state index is -1.02. The van der Waals surface area contributed by atoms with Crippen molar-refractivity contribution in [3.05, 3.63) is 145 Å². The van der Waals surface area contributed by atoms with E-state index in [1.165, 1.54) is 58.1 Å². The number of nitrogens with one attached hydrogen (secondary N) is 2. The summed E-state index contributed by atoms with van der Waals surface area (Å²) >= 11 is 8.21. The van der Waals surface area contributed by atoms with Gasteiger partial charge in [-0.25, -0.2) is 9.59 Å². The minimum absolute atomic E-state index is 0. The van der Waals surface area contributed by atoms with Crippen molar-refractivity contribution in [1.29, 1.82) is 0 Å². The van der Waals surface area contributed by atoms with Crippen LogP contribution < -0.4 is 33.6 Å². The van der Waals surface area contributed by atoms with Gasteiger partial charge in [0.15, 0.2) is 0 Å². The number of aliphatic carboxylic acids is 3. The highest BCUT2D eigenvalue weighted by Crippen LogP contribution is 2.43. The number of halogens is 4. The summed E-state index contributed by atoms with van der Waals surface area (Å²) in [6.45, 7) is 39.3. The number of nitrogens with two attached hydrogens (primary N) is 4. The molecule has 2 aliphatic heterocycles. The third-order valence-electron chi connectivity index (χ3n) is 18.4. The summed E-state index contributed by atoms with van der Waals surface area (Å²) in [6, 6.07) is 22.4. The number of ether oxygens (including phenoxy) is 6. The van der Waals surface area contributed by atoms with Gasteiger partial charge < -0.3 is 116 Å². The summed E-state index contributed by atoms with van der Waals surface area (Å²) in [7, 11) is 2.90. The highest BCUT2D eigenvalue weighted by molar-refractivity contribution is 14.1. The normalized spacial score (nSPS) is 14.0. The summed E-state index contributed by atoms with van der Waals surface area (Å²) in [5.74, 6) is -6.90. The lowest BCUT2D eigenvalue weighted by Crippen LogP contribution is -2.48. The lowest BCUT2D eigenvalue weighted by Gasteiger charge is -2.32. The van der Waals surface area contributed by atoms with Crippen LogP contribution in [-0.4, -0.2) is 213 Å². The van der Waals surface area contributed by atoms with Crippen LogP contribution in [0, 0.1) is 33.0 Å². The van der Waals surface area contributed by atoms with Crippen LogP contribution >= 0.6 is 198 Å². The molecule has 2 saturated heterocycles. The zero-order valence-electron chi connectivity index (χ0n) is 80.6. The molecule has 34 nitrogen and oxygen atoms in total. The van der Waals surface area contributed by atoms with Crippen LogP contribution in [0.5, 0.6) is 23.0 Å². The second kappa shape index (κ2) is 79.2. The van der Waals surface area contributed by atoms with Gasteiger partial charge in [0.25, 0.3) is 6.47 Å². The maximum absolute atomic E-state index is 12.4. The molecule has 48 heteroatoms. The zero-order chi connectivity index (χ0) is 98.6. The molecule has 7 rings (SSSR count). The largest absolute Gasteiger partial charge is 0.508 e. The molecule has 0 aliphatic carbocycles. The van der Waals surface area contributed by atoms with E-state index in [-0.39, 0.29) is 242 Å². The Bertz CT molecular complexity index is 4410. The number of aryl methyl sites for hydroxylation is 1. The summed E-state index contributed by atoms with van der Waals surface area (Å²) in [6.07, 6.45) is 1.36. The average molecular weight is 2600 g/mol. The number of carboxylic acid groups (broad SMARTS) is 3. The molecule has 0 aromatic heterocycles. The first kappa shape index (κ1) is 169. The van der Waals surface area contributed by atoms with E-state index in [9.17, 15) is 68.1 Å². The van der Waals surface area contributed by atoms with E-state index in [0.29, 0.717) is 26.5 Å². The van der Waals surface area contributed by atoms with Crippen molar-refractivity contribution in [2.24, 2.45) is 34.8 Å². The summed E-state index contributed by atoms with van der Waals surface area (Å²) in [5.41, 5.74) is 24.3. The van der Waals surface area contributed by atoms with Gasteiger partial charge in [0.1, 0.15) is 70.0 Å². The van der Waals surface area contributed by atoms with Crippen molar-refractivity contribution in [3.63, 3.8) is 0 Å². The van der Waals surface area contributed by atoms with Crippen molar-refractivity contribution in [3.8, 4) is 23.0 Å².